The van der Waals surface area contributed by atoms with Crippen LogP contribution in [0.2, 0.25) is 0 Å². The second-order valence-electron chi connectivity index (χ2n) is 11.8. The first-order valence-corrected chi connectivity index (χ1v) is 20.2. The van der Waals surface area contributed by atoms with Gasteiger partial charge in [0, 0.05) is 31.9 Å². The summed E-state index contributed by atoms with van der Waals surface area (Å²) in [5, 5.41) is 44.6. The topological polar surface area (TPSA) is 220 Å². The Labute approximate surface area is 330 Å². The second kappa shape index (κ2) is 32.3. The summed E-state index contributed by atoms with van der Waals surface area (Å²) in [6.45, 7) is 8.87. The molecule has 0 amide bonds. The maximum atomic E-state index is 12.9. The number of nitrogens with zero attached hydrogens (tertiary/aromatic N) is 4. The number of aryl methyl sites for hydroxylation is 1. The Morgan fingerprint density at radius 3 is 1.30 bits per heavy atom. The maximum absolute atomic E-state index is 12.9. The van der Waals surface area contributed by atoms with Gasteiger partial charge in [-0.2, -0.15) is 14.5 Å². The van der Waals surface area contributed by atoms with Crippen molar-refractivity contribution in [3.63, 3.8) is 0 Å². The van der Waals surface area contributed by atoms with Crippen molar-refractivity contribution in [1.82, 2.24) is 4.31 Å². The molecular weight excluding hydrogens is 756 g/mol. The Hall–Kier alpha value is -2.73. The molecule has 4 N–H and O–H groups in total. The van der Waals surface area contributed by atoms with Gasteiger partial charge in [-0.1, -0.05) is 0 Å². The molecule has 0 aliphatic carbocycles. The van der Waals surface area contributed by atoms with Crippen LogP contribution in [-0.2, 0) is 47.9 Å². The Bertz CT molecular complexity index is 1360. The molecule has 0 spiro atoms. The van der Waals surface area contributed by atoms with Gasteiger partial charge in [0.15, 0.2) is 0 Å². The highest BCUT2D eigenvalue weighted by molar-refractivity contribution is 7.89. The fourth-order valence-electron chi connectivity index (χ4n) is 4.84. The largest absolute Gasteiger partial charge is 0.395 e. The summed E-state index contributed by atoms with van der Waals surface area (Å²) in [5.74, 6) is 0. The number of sulfonamides is 1. The minimum absolute atomic E-state index is 0.00982. The van der Waals surface area contributed by atoms with Gasteiger partial charge in [0.25, 0.3) is 0 Å². The van der Waals surface area contributed by atoms with Crippen LogP contribution >= 0.6 is 0 Å². The predicted molar refractivity (Wildman–Crippen MR) is 208 cm³/mol. The van der Waals surface area contributed by atoms with E-state index in [0.717, 1.165) is 15.6 Å². The van der Waals surface area contributed by atoms with Gasteiger partial charge in [-0.05, 0) is 55.0 Å². The first kappa shape index (κ1) is 49.4. The van der Waals surface area contributed by atoms with Gasteiger partial charge >= 0.3 is 0 Å². The monoisotopic (exact) mass is 818 g/mol. The lowest BCUT2D eigenvalue weighted by atomic mass is 10.1. The molecule has 0 aromatic heterocycles. The van der Waals surface area contributed by atoms with E-state index in [0.29, 0.717) is 130 Å². The van der Waals surface area contributed by atoms with Crippen molar-refractivity contribution in [1.29, 1.82) is 0 Å². The second-order valence-corrected chi connectivity index (χ2v) is 13.8. The molecule has 0 fully saturated rings. The summed E-state index contributed by atoms with van der Waals surface area (Å²) < 4.78 is 70.8. The van der Waals surface area contributed by atoms with Gasteiger partial charge in [0.05, 0.1) is 148 Å². The van der Waals surface area contributed by atoms with Crippen LogP contribution in [0.1, 0.15) is 5.56 Å². The summed E-state index contributed by atoms with van der Waals surface area (Å²) in [4.78, 5) is 2.18. The molecule has 0 radical (unpaired) electrons. The molecule has 0 aliphatic heterocycles. The van der Waals surface area contributed by atoms with E-state index in [1.807, 2.05) is 25.1 Å². The van der Waals surface area contributed by atoms with Crippen molar-refractivity contribution in [3.8, 4) is 0 Å². The zero-order chi connectivity index (χ0) is 40.5. The van der Waals surface area contributed by atoms with Crippen molar-refractivity contribution in [3.05, 3.63) is 48.0 Å². The lowest BCUT2D eigenvalue weighted by molar-refractivity contribution is -0.00591. The number of rotatable bonds is 37. The van der Waals surface area contributed by atoms with Crippen molar-refractivity contribution < 1.29 is 66.7 Å². The molecule has 2 aromatic rings. The Morgan fingerprint density at radius 2 is 0.911 bits per heavy atom. The molecule has 19 heteroatoms. The number of azo groups is 1. The predicted octanol–water partition coefficient (Wildman–Crippen LogP) is 1.31. The zero-order valence-electron chi connectivity index (χ0n) is 32.6. The van der Waals surface area contributed by atoms with Crippen LogP contribution in [0.5, 0.6) is 0 Å². The van der Waals surface area contributed by atoms with E-state index in [-0.39, 0.29) is 44.4 Å². The number of aliphatic hydroxyl groups excluding tert-OH is 4. The van der Waals surface area contributed by atoms with Crippen LogP contribution in [-0.4, -0.2) is 191 Å². The van der Waals surface area contributed by atoms with Crippen LogP contribution in [0, 0.1) is 6.92 Å². The van der Waals surface area contributed by atoms with Crippen molar-refractivity contribution in [2.75, 3.05) is 163 Å². The normalized spacial score (nSPS) is 12.0. The third-order valence-electron chi connectivity index (χ3n) is 7.71. The van der Waals surface area contributed by atoms with E-state index < -0.39 is 10.0 Å². The highest BCUT2D eigenvalue weighted by atomic mass is 32.2. The number of hydrogen-bond donors (Lipinski definition) is 4. The molecule has 0 saturated carbocycles. The molecular formula is C37H62N4O14S. The molecule has 2 aromatic carbocycles. The quantitative estimate of drug-likeness (QED) is 0.0558. The van der Waals surface area contributed by atoms with E-state index in [1.54, 1.807) is 12.1 Å². The number of anilines is 1. The molecule has 18 nitrogen and oxygen atoms in total. The maximum Gasteiger partial charge on any atom is 0.243 e. The van der Waals surface area contributed by atoms with Crippen LogP contribution < -0.4 is 4.90 Å². The van der Waals surface area contributed by atoms with Gasteiger partial charge in [0.1, 0.15) is 0 Å². The Kier molecular flexibility index (Phi) is 28.5. The molecule has 0 bridgehead atoms. The first-order chi connectivity index (χ1) is 27.4. The highest BCUT2D eigenvalue weighted by Gasteiger charge is 2.23. The summed E-state index contributed by atoms with van der Waals surface area (Å²) in [7, 11) is -3.89. The number of ether oxygens (including phenoxy) is 8. The molecule has 0 aliphatic rings. The molecule has 56 heavy (non-hydrogen) atoms. The molecule has 2 rings (SSSR count). The standard InChI is InChI=1S/C37H62N4O14S/c1-33-32-35(4-7-37(33)39-38-34-2-5-36(6-3-34)56(46,47)41(8-12-42)9-13-43)40(10-16-48-20-24-52-28-30-54-26-22-50-18-14-44)11-17-49-21-25-53-29-31-55-27-23-51-19-15-45/h2-7,32,42-45H,8-31H2,1H3/b39-38+. The first-order valence-electron chi connectivity index (χ1n) is 18.8. The Morgan fingerprint density at radius 1 is 0.500 bits per heavy atom. The molecule has 0 heterocycles. The fraction of sp³-hybridized carbons (Fsp3) is 0.676. The van der Waals surface area contributed by atoms with E-state index >= 15 is 0 Å². The minimum atomic E-state index is -3.89. The molecule has 0 saturated heterocycles. The number of benzene rings is 2. The van der Waals surface area contributed by atoms with E-state index in [9.17, 15) is 18.6 Å². The van der Waals surface area contributed by atoms with Crippen LogP contribution in [0.3, 0.4) is 0 Å². The summed E-state index contributed by atoms with van der Waals surface area (Å²) >= 11 is 0. The van der Waals surface area contributed by atoms with Crippen molar-refractivity contribution in [2.24, 2.45) is 10.2 Å². The number of hydrogen-bond acceptors (Lipinski definition) is 17. The van der Waals surface area contributed by atoms with Crippen LogP contribution in [0.15, 0.2) is 57.6 Å². The fourth-order valence-corrected chi connectivity index (χ4v) is 6.26. The average Bonchev–Trinajstić information content (AvgIpc) is 3.20. The smallest absolute Gasteiger partial charge is 0.243 e. The molecule has 320 valence electrons. The molecule has 0 atom stereocenters. The van der Waals surface area contributed by atoms with Crippen molar-refractivity contribution in [2.45, 2.75) is 11.8 Å². The zero-order valence-corrected chi connectivity index (χ0v) is 33.4. The molecule has 0 unspecified atom stereocenters. The van der Waals surface area contributed by atoms with Crippen molar-refractivity contribution >= 4 is 27.1 Å². The van der Waals surface area contributed by atoms with Crippen LogP contribution in [0.25, 0.3) is 0 Å². The lowest BCUT2D eigenvalue weighted by Crippen LogP contribution is -2.35. The van der Waals surface area contributed by atoms with E-state index in [4.69, 9.17) is 48.1 Å². The average molecular weight is 819 g/mol. The Balaban J connectivity index is 1.90. The summed E-state index contributed by atoms with van der Waals surface area (Å²) in [6.07, 6.45) is 0. The minimum Gasteiger partial charge on any atom is -0.395 e. The highest BCUT2D eigenvalue weighted by Crippen LogP contribution is 2.27. The van der Waals surface area contributed by atoms with Crippen LogP contribution in [0.4, 0.5) is 17.1 Å². The van der Waals surface area contributed by atoms with Gasteiger partial charge in [-0.3, -0.25) is 0 Å². The van der Waals surface area contributed by atoms with Gasteiger partial charge in [-0.15, -0.1) is 0 Å². The van der Waals surface area contributed by atoms with Gasteiger partial charge in [-0.25, -0.2) is 8.42 Å². The van der Waals surface area contributed by atoms with Gasteiger partial charge in [0.2, 0.25) is 10.0 Å². The van der Waals surface area contributed by atoms with E-state index in [1.165, 1.54) is 12.1 Å². The third kappa shape index (κ3) is 21.7. The van der Waals surface area contributed by atoms with Gasteiger partial charge < -0.3 is 63.2 Å². The third-order valence-corrected chi connectivity index (χ3v) is 9.62. The lowest BCUT2D eigenvalue weighted by Gasteiger charge is -2.25. The van der Waals surface area contributed by atoms with E-state index in [2.05, 4.69) is 15.1 Å². The number of aliphatic hydroxyl groups is 4. The summed E-state index contributed by atoms with van der Waals surface area (Å²) in [6, 6.07) is 11.8. The SMILES string of the molecule is Cc1cc(N(CCOCCOCCOCCOCCO)CCOCCOCCOCCOCCO)ccc1/N=N/c1ccc(S(=O)(=O)N(CCO)CCO)cc1. The summed E-state index contributed by atoms with van der Waals surface area (Å²) in [5.41, 5.74) is 2.94.